The summed E-state index contributed by atoms with van der Waals surface area (Å²) in [7, 11) is 1.52. The lowest BCUT2D eigenvalue weighted by Gasteiger charge is -2.45. The van der Waals surface area contributed by atoms with Gasteiger partial charge < -0.3 is 34.3 Å². The molecule has 0 saturated heterocycles. The zero-order valence-electron chi connectivity index (χ0n) is 24.8. The number of ketones is 1. The van der Waals surface area contributed by atoms with Gasteiger partial charge >= 0.3 is 12.0 Å². The number of aliphatic carboxylic acids is 1. The quantitative estimate of drug-likeness (QED) is 0.229. The minimum Gasteiger partial charge on any atom is -0.493 e. The summed E-state index contributed by atoms with van der Waals surface area (Å²) in [4.78, 5) is 40.1. The molecule has 10 heteroatoms. The van der Waals surface area contributed by atoms with Crippen LogP contribution in [0.1, 0.15) is 73.6 Å². The van der Waals surface area contributed by atoms with Crippen LogP contribution >= 0.6 is 0 Å². The molecule has 224 valence electrons. The maximum atomic E-state index is 13.8. The SMILES string of the molecule is CCOc1cc([C@@H](C)N(CCOCc2ccccc2)C(=O)NC2(C(=O)O)CC(OC)C2)c(C)c(OCC)c1C(C)=O. The van der Waals surface area contributed by atoms with E-state index in [1.807, 2.05) is 58.0 Å². The summed E-state index contributed by atoms with van der Waals surface area (Å²) < 4.78 is 22.9. The van der Waals surface area contributed by atoms with E-state index >= 15 is 0 Å². The van der Waals surface area contributed by atoms with Crippen LogP contribution in [0.3, 0.4) is 0 Å². The highest BCUT2D eigenvalue weighted by Crippen LogP contribution is 2.40. The van der Waals surface area contributed by atoms with Crippen LogP contribution in [-0.4, -0.2) is 72.9 Å². The molecule has 1 atom stereocenters. The summed E-state index contributed by atoms with van der Waals surface area (Å²) in [5.74, 6) is -0.506. The van der Waals surface area contributed by atoms with Crippen LogP contribution in [0.5, 0.6) is 11.5 Å². The second-order valence-corrected chi connectivity index (χ2v) is 10.2. The number of carbonyl (C=O) groups is 3. The normalized spacial score (nSPS) is 18.6. The van der Waals surface area contributed by atoms with E-state index in [0.717, 1.165) is 5.56 Å². The van der Waals surface area contributed by atoms with E-state index in [0.29, 0.717) is 48.0 Å². The van der Waals surface area contributed by atoms with Crippen molar-refractivity contribution in [1.82, 2.24) is 10.2 Å². The number of amides is 2. The molecule has 3 rings (SSSR count). The molecule has 0 bridgehead atoms. The Morgan fingerprint density at radius 1 is 1.12 bits per heavy atom. The van der Waals surface area contributed by atoms with Gasteiger partial charge in [0.1, 0.15) is 22.6 Å². The predicted octanol–water partition coefficient (Wildman–Crippen LogP) is 4.92. The van der Waals surface area contributed by atoms with Crippen molar-refractivity contribution >= 4 is 17.8 Å². The van der Waals surface area contributed by atoms with Gasteiger partial charge in [0.05, 0.1) is 38.6 Å². The summed E-state index contributed by atoms with van der Waals surface area (Å²) in [6.45, 7) is 10.3. The number of urea groups is 1. The first-order chi connectivity index (χ1) is 19.6. The molecule has 0 aromatic heterocycles. The molecule has 2 N–H and O–H groups in total. The number of hydrogen-bond donors (Lipinski definition) is 2. The predicted molar refractivity (Wildman–Crippen MR) is 154 cm³/mol. The fraction of sp³-hybridized carbons (Fsp3) is 0.516. The highest BCUT2D eigenvalue weighted by Gasteiger charge is 2.52. The van der Waals surface area contributed by atoms with E-state index in [9.17, 15) is 19.5 Å². The first kappa shape index (κ1) is 31.9. The molecule has 1 aliphatic carbocycles. The van der Waals surface area contributed by atoms with Gasteiger partial charge in [-0.25, -0.2) is 9.59 Å². The van der Waals surface area contributed by atoms with Crippen molar-refractivity contribution in [2.45, 2.75) is 71.8 Å². The second kappa shape index (κ2) is 14.3. The van der Waals surface area contributed by atoms with Crippen molar-refractivity contribution in [3.8, 4) is 11.5 Å². The van der Waals surface area contributed by atoms with Gasteiger partial charge in [0.15, 0.2) is 5.78 Å². The number of methoxy groups -OCH3 is 1. The number of benzene rings is 2. The average Bonchev–Trinajstić information content (AvgIpc) is 2.92. The molecule has 0 heterocycles. The van der Waals surface area contributed by atoms with Gasteiger partial charge in [-0.1, -0.05) is 30.3 Å². The molecule has 0 spiro atoms. The summed E-state index contributed by atoms with van der Waals surface area (Å²) in [6, 6.07) is 10.4. The standard InChI is InChI=1S/C31H42N2O8/c1-7-40-26-16-25(20(3)28(41-8-2)27(26)22(5)34)21(4)33(14-15-39-19-23-12-10-9-11-13-23)30(37)32-31(29(35)36)17-24(18-31)38-6/h9-13,16,21,24H,7-8,14-15,17-19H2,1-6H3,(H,32,37)(H,35,36)/t21-,24?,31?/m1/s1. The molecule has 0 unspecified atom stereocenters. The molecule has 1 fully saturated rings. The average molecular weight is 571 g/mol. The van der Waals surface area contributed by atoms with Crippen molar-refractivity contribution in [3.63, 3.8) is 0 Å². The molecule has 1 aliphatic rings. The lowest BCUT2D eigenvalue weighted by Crippen LogP contribution is -2.66. The minimum absolute atomic E-state index is 0.173. The largest absolute Gasteiger partial charge is 0.493 e. The fourth-order valence-corrected chi connectivity index (χ4v) is 5.17. The van der Waals surface area contributed by atoms with Crippen molar-refractivity contribution in [2.75, 3.05) is 33.5 Å². The van der Waals surface area contributed by atoms with Crippen LogP contribution in [0.15, 0.2) is 36.4 Å². The van der Waals surface area contributed by atoms with Gasteiger partial charge in [0.2, 0.25) is 0 Å². The number of carboxylic acid groups (broad SMARTS) is 1. The summed E-state index contributed by atoms with van der Waals surface area (Å²) in [6.07, 6.45) is 0.106. The number of ether oxygens (including phenoxy) is 4. The Hall–Kier alpha value is -3.63. The van der Waals surface area contributed by atoms with E-state index in [1.54, 1.807) is 11.0 Å². The topological polar surface area (TPSA) is 124 Å². The van der Waals surface area contributed by atoms with Crippen molar-refractivity contribution in [1.29, 1.82) is 0 Å². The molecular formula is C31H42N2O8. The fourth-order valence-electron chi connectivity index (χ4n) is 5.17. The van der Waals surface area contributed by atoms with E-state index in [2.05, 4.69) is 5.32 Å². The zero-order valence-corrected chi connectivity index (χ0v) is 24.8. The Morgan fingerprint density at radius 2 is 1.78 bits per heavy atom. The van der Waals surface area contributed by atoms with Crippen molar-refractivity contribution in [2.24, 2.45) is 0 Å². The van der Waals surface area contributed by atoms with E-state index in [4.69, 9.17) is 18.9 Å². The van der Waals surface area contributed by atoms with Crippen LogP contribution in [-0.2, 0) is 20.9 Å². The third-order valence-corrected chi connectivity index (χ3v) is 7.48. The number of nitrogens with zero attached hydrogens (tertiary/aromatic N) is 1. The minimum atomic E-state index is -1.42. The summed E-state index contributed by atoms with van der Waals surface area (Å²) in [5, 5.41) is 12.7. The van der Waals surface area contributed by atoms with Gasteiger partial charge in [-0.15, -0.1) is 0 Å². The van der Waals surface area contributed by atoms with Gasteiger partial charge in [-0.3, -0.25) is 4.79 Å². The number of nitrogens with one attached hydrogen (secondary N) is 1. The molecule has 41 heavy (non-hydrogen) atoms. The number of hydrogen-bond acceptors (Lipinski definition) is 7. The second-order valence-electron chi connectivity index (χ2n) is 10.2. The highest BCUT2D eigenvalue weighted by molar-refractivity contribution is 6.00. The van der Waals surface area contributed by atoms with Gasteiger partial charge in [-0.2, -0.15) is 0 Å². The van der Waals surface area contributed by atoms with Crippen LogP contribution in [0.2, 0.25) is 0 Å². The molecule has 2 aromatic carbocycles. The zero-order chi connectivity index (χ0) is 30.2. The molecule has 2 aromatic rings. The molecule has 2 amide bonds. The molecule has 10 nitrogen and oxygen atoms in total. The number of carboxylic acids is 1. The Labute approximate surface area is 241 Å². The molecular weight excluding hydrogens is 528 g/mol. The maximum absolute atomic E-state index is 13.8. The first-order valence-electron chi connectivity index (χ1n) is 14.0. The lowest BCUT2D eigenvalue weighted by atomic mass is 9.74. The van der Waals surface area contributed by atoms with Gasteiger partial charge in [-0.05, 0) is 57.4 Å². The maximum Gasteiger partial charge on any atom is 0.329 e. The number of Topliss-reactive ketones (excluding diaryl/α,β-unsaturated/α-hetero) is 1. The van der Waals surface area contributed by atoms with Crippen LogP contribution in [0.25, 0.3) is 0 Å². The molecule has 0 aliphatic heterocycles. The Bertz CT molecular complexity index is 1210. The van der Waals surface area contributed by atoms with Gasteiger partial charge in [0.25, 0.3) is 0 Å². The molecule has 0 radical (unpaired) electrons. The van der Waals surface area contributed by atoms with Crippen LogP contribution in [0, 0.1) is 6.92 Å². The highest BCUT2D eigenvalue weighted by atomic mass is 16.5. The third kappa shape index (κ3) is 7.37. The smallest absolute Gasteiger partial charge is 0.329 e. The van der Waals surface area contributed by atoms with Crippen LogP contribution < -0.4 is 14.8 Å². The van der Waals surface area contributed by atoms with E-state index in [1.165, 1.54) is 14.0 Å². The molecule has 1 saturated carbocycles. The summed E-state index contributed by atoms with van der Waals surface area (Å²) >= 11 is 0. The van der Waals surface area contributed by atoms with E-state index in [-0.39, 0.29) is 37.9 Å². The monoisotopic (exact) mass is 570 g/mol. The van der Waals surface area contributed by atoms with Gasteiger partial charge in [0, 0.05) is 26.5 Å². The third-order valence-electron chi connectivity index (χ3n) is 7.48. The van der Waals surface area contributed by atoms with E-state index < -0.39 is 23.6 Å². The number of rotatable bonds is 15. The van der Waals surface area contributed by atoms with Crippen LogP contribution in [0.4, 0.5) is 4.79 Å². The Balaban J connectivity index is 1.95. The number of carbonyl (C=O) groups excluding carboxylic acids is 2. The van der Waals surface area contributed by atoms with Crippen molar-refractivity contribution in [3.05, 3.63) is 58.7 Å². The first-order valence-corrected chi connectivity index (χ1v) is 14.0. The Kier molecular flexibility index (Phi) is 11.1. The summed E-state index contributed by atoms with van der Waals surface area (Å²) in [5.41, 5.74) is 1.36. The Morgan fingerprint density at radius 3 is 2.34 bits per heavy atom. The van der Waals surface area contributed by atoms with Crippen molar-refractivity contribution < 1.29 is 38.4 Å². The lowest BCUT2D eigenvalue weighted by molar-refractivity contribution is -0.155.